The molecule has 3 aromatic rings. The van der Waals surface area contributed by atoms with Gasteiger partial charge in [0.1, 0.15) is 5.75 Å². The van der Waals surface area contributed by atoms with Gasteiger partial charge in [-0.25, -0.2) is 18.0 Å². The molecule has 1 atom stereocenters. The van der Waals surface area contributed by atoms with Gasteiger partial charge in [-0.05, 0) is 35.9 Å². The molecule has 192 valence electrons. The van der Waals surface area contributed by atoms with Crippen molar-refractivity contribution in [1.29, 1.82) is 0 Å². The fourth-order valence-corrected chi connectivity index (χ4v) is 5.44. The molecule has 1 unspecified atom stereocenters. The Bertz CT molecular complexity index is 1410. The van der Waals surface area contributed by atoms with E-state index < -0.39 is 34.0 Å². The number of amides is 1. The van der Waals surface area contributed by atoms with Crippen molar-refractivity contribution in [3.05, 3.63) is 89.5 Å². The molecule has 11 heteroatoms. The van der Waals surface area contributed by atoms with Crippen molar-refractivity contribution in [2.75, 3.05) is 30.4 Å². The Morgan fingerprint density at radius 3 is 2.14 bits per heavy atom. The number of anilines is 2. The molecule has 0 aliphatic carbocycles. The number of nitrogens with zero attached hydrogens (tertiary/aromatic N) is 1. The second-order valence-corrected chi connectivity index (χ2v) is 10.0. The van der Waals surface area contributed by atoms with Gasteiger partial charge in [0.05, 0.1) is 43.3 Å². The SMILES string of the molecule is COC(=O)c1cc(NC(=O)C2CN(S(=O)(=O)Cc3ccccc3)c3ccccc3O2)cc(C(=O)OC)c1. The maximum atomic E-state index is 13.4. The van der Waals surface area contributed by atoms with Gasteiger partial charge < -0.3 is 19.5 Å². The zero-order valence-electron chi connectivity index (χ0n) is 20.0. The minimum absolute atomic E-state index is 0.0164. The molecule has 0 radical (unpaired) electrons. The molecule has 1 aliphatic heterocycles. The summed E-state index contributed by atoms with van der Waals surface area (Å²) >= 11 is 0. The van der Waals surface area contributed by atoms with Gasteiger partial charge in [-0.2, -0.15) is 0 Å². The topological polar surface area (TPSA) is 128 Å². The second-order valence-electron chi connectivity index (χ2n) is 8.12. The Kier molecular flexibility index (Phi) is 7.44. The number of hydrogen-bond donors (Lipinski definition) is 1. The summed E-state index contributed by atoms with van der Waals surface area (Å²) < 4.78 is 43.2. The Morgan fingerprint density at radius 2 is 1.51 bits per heavy atom. The van der Waals surface area contributed by atoms with Crippen LogP contribution in [-0.2, 0) is 30.0 Å². The molecule has 1 heterocycles. The van der Waals surface area contributed by atoms with Gasteiger partial charge in [-0.1, -0.05) is 42.5 Å². The van der Waals surface area contributed by atoms with Crippen LogP contribution in [0.5, 0.6) is 5.75 Å². The van der Waals surface area contributed by atoms with Crippen LogP contribution < -0.4 is 14.4 Å². The highest BCUT2D eigenvalue weighted by Crippen LogP contribution is 2.36. The van der Waals surface area contributed by atoms with E-state index in [0.29, 0.717) is 11.3 Å². The summed E-state index contributed by atoms with van der Waals surface area (Å²) in [6.07, 6.45) is -1.22. The quantitative estimate of drug-likeness (QED) is 0.467. The Morgan fingerprint density at radius 1 is 0.919 bits per heavy atom. The van der Waals surface area contributed by atoms with Gasteiger partial charge in [-0.15, -0.1) is 0 Å². The number of ether oxygens (including phenoxy) is 3. The average molecular weight is 525 g/mol. The summed E-state index contributed by atoms with van der Waals surface area (Å²) in [5, 5.41) is 2.60. The summed E-state index contributed by atoms with van der Waals surface area (Å²) in [6.45, 7) is -0.279. The molecule has 0 saturated heterocycles. The van der Waals surface area contributed by atoms with Crippen molar-refractivity contribution < 1.29 is 37.0 Å². The predicted molar refractivity (Wildman–Crippen MR) is 135 cm³/mol. The van der Waals surface area contributed by atoms with E-state index in [1.165, 1.54) is 32.4 Å². The van der Waals surface area contributed by atoms with Gasteiger partial charge in [-0.3, -0.25) is 9.10 Å². The molecule has 1 N–H and O–H groups in total. The molecule has 0 aromatic heterocycles. The maximum absolute atomic E-state index is 13.4. The summed E-state index contributed by atoms with van der Waals surface area (Å²) in [5.41, 5.74) is 1.06. The van der Waals surface area contributed by atoms with Crippen LogP contribution in [0, 0.1) is 0 Å². The summed E-state index contributed by atoms with van der Waals surface area (Å²) in [4.78, 5) is 37.4. The molecule has 0 fully saturated rings. The fourth-order valence-electron chi connectivity index (χ4n) is 3.86. The summed E-state index contributed by atoms with van der Waals surface area (Å²) in [6, 6.07) is 19.2. The van der Waals surface area contributed by atoms with E-state index in [4.69, 9.17) is 14.2 Å². The van der Waals surface area contributed by atoms with Crippen LogP contribution >= 0.6 is 0 Å². The molecule has 10 nitrogen and oxygen atoms in total. The smallest absolute Gasteiger partial charge is 0.337 e. The lowest BCUT2D eigenvalue weighted by molar-refractivity contribution is -0.122. The van der Waals surface area contributed by atoms with Crippen LogP contribution in [0.25, 0.3) is 0 Å². The summed E-state index contributed by atoms with van der Waals surface area (Å²) in [5.74, 6) is -2.15. The van der Waals surface area contributed by atoms with Crippen LogP contribution in [-0.4, -0.2) is 53.1 Å². The van der Waals surface area contributed by atoms with Crippen molar-refractivity contribution in [2.24, 2.45) is 0 Å². The van der Waals surface area contributed by atoms with Gasteiger partial charge in [0.2, 0.25) is 10.0 Å². The molecular formula is C26H24N2O8S. The molecule has 3 aromatic carbocycles. The Balaban J connectivity index is 1.62. The van der Waals surface area contributed by atoms with Crippen LogP contribution in [0.1, 0.15) is 26.3 Å². The monoisotopic (exact) mass is 524 g/mol. The van der Waals surface area contributed by atoms with Crippen molar-refractivity contribution in [3.8, 4) is 5.75 Å². The van der Waals surface area contributed by atoms with Gasteiger partial charge in [0.25, 0.3) is 5.91 Å². The Labute approximate surface area is 213 Å². The third kappa shape index (κ3) is 5.72. The lowest BCUT2D eigenvalue weighted by Gasteiger charge is -2.34. The van der Waals surface area contributed by atoms with Crippen molar-refractivity contribution in [1.82, 2.24) is 0 Å². The predicted octanol–water partition coefficient (Wildman–Crippen LogP) is 3.00. The number of benzene rings is 3. The van der Waals surface area contributed by atoms with E-state index in [1.807, 2.05) is 0 Å². The van der Waals surface area contributed by atoms with Crippen molar-refractivity contribution in [3.63, 3.8) is 0 Å². The molecule has 0 bridgehead atoms. The lowest BCUT2D eigenvalue weighted by Crippen LogP contribution is -2.49. The van der Waals surface area contributed by atoms with Crippen LogP contribution in [0.2, 0.25) is 0 Å². The molecule has 1 aliphatic rings. The number of carbonyl (C=O) groups excluding carboxylic acids is 3. The van der Waals surface area contributed by atoms with E-state index in [-0.39, 0.29) is 34.9 Å². The minimum atomic E-state index is -3.88. The molecule has 1 amide bonds. The number of rotatable bonds is 7. The van der Waals surface area contributed by atoms with E-state index in [2.05, 4.69) is 5.32 Å². The number of para-hydroxylation sites is 2. The number of hydrogen-bond acceptors (Lipinski definition) is 8. The van der Waals surface area contributed by atoms with Gasteiger partial charge in [0.15, 0.2) is 6.10 Å². The zero-order valence-corrected chi connectivity index (χ0v) is 20.9. The van der Waals surface area contributed by atoms with E-state index >= 15 is 0 Å². The summed E-state index contributed by atoms with van der Waals surface area (Å²) in [7, 11) is -1.51. The number of sulfonamides is 1. The third-order valence-electron chi connectivity index (χ3n) is 5.60. The standard InChI is InChI=1S/C26H24N2O8S/c1-34-25(30)18-12-19(26(31)35-2)14-20(13-18)27-24(29)23-15-28(21-10-6-7-11-22(21)36-23)37(32,33)16-17-8-4-3-5-9-17/h3-14,23H,15-16H2,1-2H3,(H,27,29). The highest BCUT2D eigenvalue weighted by Gasteiger charge is 2.37. The van der Waals surface area contributed by atoms with Crippen LogP contribution in [0.4, 0.5) is 11.4 Å². The minimum Gasteiger partial charge on any atom is -0.476 e. The fraction of sp³-hybridized carbons (Fsp3) is 0.192. The van der Waals surface area contributed by atoms with E-state index in [0.717, 1.165) is 4.31 Å². The number of methoxy groups -OCH3 is 2. The van der Waals surface area contributed by atoms with E-state index in [9.17, 15) is 22.8 Å². The molecule has 37 heavy (non-hydrogen) atoms. The highest BCUT2D eigenvalue weighted by atomic mass is 32.2. The van der Waals surface area contributed by atoms with Crippen LogP contribution in [0.3, 0.4) is 0 Å². The third-order valence-corrected chi connectivity index (χ3v) is 7.31. The molecule has 0 saturated carbocycles. The first-order valence-corrected chi connectivity index (χ1v) is 12.8. The first-order chi connectivity index (χ1) is 17.7. The second kappa shape index (κ2) is 10.7. The number of esters is 2. The average Bonchev–Trinajstić information content (AvgIpc) is 2.91. The zero-order chi connectivity index (χ0) is 26.6. The van der Waals surface area contributed by atoms with Crippen molar-refractivity contribution >= 4 is 39.2 Å². The van der Waals surface area contributed by atoms with Crippen molar-refractivity contribution in [2.45, 2.75) is 11.9 Å². The van der Waals surface area contributed by atoms with Crippen LogP contribution in [0.15, 0.2) is 72.8 Å². The molecular weight excluding hydrogens is 500 g/mol. The highest BCUT2D eigenvalue weighted by molar-refractivity contribution is 7.92. The normalized spacial score (nSPS) is 14.6. The molecule has 4 rings (SSSR count). The first-order valence-electron chi connectivity index (χ1n) is 11.1. The first kappa shape index (κ1) is 25.7. The number of fused-ring (bicyclic) bond motifs is 1. The van der Waals surface area contributed by atoms with Gasteiger partial charge >= 0.3 is 11.9 Å². The largest absolute Gasteiger partial charge is 0.476 e. The number of nitrogens with one attached hydrogen (secondary N) is 1. The lowest BCUT2D eigenvalue weighted by atomic mass is 10.1. The van der Waals surface area contributed by atoms with Gasteiger partial charge in [0, 0.05) is 5.69 Å². The molecule has 0 spiro atoms. The van der Waals surface area contributed by atoms with E-state index in [1.54, 1.807) is 54.6 Å². The number of carbonyl (C=O) groups is 3. The Hall–Kier alpha value is -4.38. The maximum Gasteiger partial charge on any atom is 0.337 e.